The number of hydrogen-bond donors (Lipinski definition) is 2. The van der Waals surface area contributed by atoms with E-state index in [1.54, 1.807) is 19.2 Å². The minimum absolute atomic E-state index is 0.0997. The summed E-state index contributed by atoms with van der Waals surface area (Å²) >= 11 is 0. The van der Waals surface area contributed by atoms with Gasteiger partial charge in [-0.1, -0.05) is 0 Å². The first-order chi connectivity index (χ1) is 8.17. The van der Waals surface area contributed by atoms with Gasteiger partial charge in [-0.05, 0) is 6.07 Å². The van der Waals surface area contributed by atoms with Gasteiger partial charge in [0.05, 0.1) is 19.6 Å². The number of rotatable bonds is 7. The number of ether oxygens (including phenoxy) is 2. The van der Waals surface area contributed by atoms with Crippen molar-refractivity contribution in [3.05, 3.63) is 29.2 Å². The lowest BCUT2D eigenvalue weighted by atomic mass is 10.2. The zero-order valence-electron chi connectivity index (χ0n) is 9.68. The van der Waals surface area contributed by atoms with Gasteiger partial charge >= 0.3 is 0 Å². The van der Waals surface area contributed by atoms with E-state index in [2.05, 4.69) is 0 Å². The van der Waals surface area contributed by atoms with Crippen LogP contribution in [0.25, 0.3) is 0 Å². The average Bonchev–Trinajstić information content (AvgIpc) is 2.32. The average molecular weight is 240 g/mol. The van der Waals surface area contributed by atoms with Crippen LogP contribution in [0.5, 0.6) is 5.75 Å². The van der Waals surface area contributed by atoms with Crippen molar-refractivity contribution < 1.29 is 19.3 Å². The first kappa shape index (κ1) is 13.4. The summed E-state index contributed by atoms with van der Waals surface area (Å²) < 4.78 is 10.7. The molecule has 0 amide bonds. The van der Waals surface area contributed by atoms with Crippen LogP contribution in [0, 0.1) is 10.6 Å². The molecule has 0 aliphatic rings. The molecule has 0 aromatic carbocycles. The van der Waals surface area contributed by atoms with Gasteiger partial charge in [-0.3, -0.25) is 0 Å². The number of aliphatic hydroxyl groups is 1. The van der Waals surface area contributed by atoms with Gasteiger partial charge in [0.25, 0.3) is 0 Å². The van der Waals surface area contributed by atoms with Crippen LogP contribution in [0.1, 0.15) is 5.69 Å². The Bertz CT molecular complexity index is 382. The maximum absolute atomic E-state index is 11.6. The molecule has 17 heavy (non-hydrogen) atoms. The van der Waals surface area contributed by atoms with E-state index in [1.807, 2.05) is 0 Å². The molecule has 0 bridgehead atoms. The summed E-state index contributed by atoms with van der Waals surface area (Å²) in [4.78, 5) is 0. The summed E-state index contributed by atoms with van der Waals surface area (Å²) in [5.41, 5.74) is 0.505. The molecule has 0 aliphatic heterocycles. The highest BCUT2D eigenvalue weighted by Crippen LogP contribution is 2.08. The van der Waals surface area contributed by atoms with Gasteiger partial charge < -0.3 is 25.2 Å². The number of nitrogens with zero attached hydrogens (tertiary/aromatic N) is 1. The van der Waals surface area contributed by atoms with Gasteiger partial charge in [0, 0.05) is 18.9 Å². The van der Waals surface area contributed by atoms with Crippen molar-refractivity contribution in [1.82, 2.24) is 0 Å². The van der Waals surface area contributed by atoms with Crippen LogP contribution in [-0.4, -0.2) is 37.7 Å². The maximum atomic E-state index is 11.6. The SMILES string of the molecule is COCCOc1ccc(CC(=N)CO)[n+]([O-])c1. The Labute approximate surface area is 99.5 Å². The normalized spacial score (nSPS) is 10.2. The van der Waals surface area contributed by atoms with Gasteiger partial charge in [0.1, 0.15) is 6.61 Å². The Hall–Kier alpha value is -1.66. The lowest BCUT2D eigenvalue weighted by molar-refractivity contribution is -0.613. The molecule has 0 atom stereocenters. The fourth-order valence-corrected chi connectivity index (χ4v) is 1.23. The van der Waals surface area contributed by atoms with Crippen molar-refractivity contribution >= 4 is 5.71 Å². The van der Waals surface area contributed by atoms with Gasteiger partial charge in [-0.2, -0.15) is 4.73 Å². The van der Waals surface area contributed by atoms with E-state index < -0.39 is 0 Å². The van der Waals surface area contributed by atoms with Crippen LogP contribution < -0.4 is 9.47 Å². The first-order valence-electron chi connectivity index (χ1n) is 5.18. The Morgan fingerprint density at radius 1 is 1.47 bits per heavy atom. The van der Waals surface area contributed by atoms with Gasteiger partial charge in [-0.25, -0.2) is 0 Å². The lowest BCUT2D eigenvalue weighted by Crippen LogP contribution is -2.33. The summed E-state index contributed by atoms with van der Waals surface area (Å²) in [5, 5.41) is 27.6. The van der Waals surface area contributed by atoms with Crippen LogP contribution in [0.15, 0.2) is 18.3 Å². The van der Waals surface area contributed by atoms with Crippen LogP contribution in [0.4, 0.5) is 0 Å². The minimum Gasteiger partial charge on any atom is -0.618 e. The van der Waals surface area contributed by atoms with Crippen molar-refractivity contribution in [2.24, 2.45) is 0 Å². The molecule has 6 heteroatoms. The number of hydrogen-bond acceptors (Lipinski definition) is 5. The largest absolute Gasteiger partial charge is 0.618 e. The van der Waals surface area contributed by atoms with E-state index in [9.17, 15) is 5.21 Å². The van der Waals surface area contributed by atoms with Gasteiger partial charge in [0.2, 0.25) is 6.20 Å². The number of aromatic nitrogens is 1. The predicted octanol–water partition coefficient (Wildman–Crippen LogP) is -0.100. The van der Waals surface area contributed by atoms with E-state index >= 15 is 0 Å². The Morgan fingerprint density at radius 3 is 2.82 bits per heavy atom. The van der Waals surface area contributed by atoms with E-state index in [0.717, 1.165) is 0 Å². The number of methoxy groups -OCH3 is 1. The molecule has 0 unspecified atom stereocenters. The number of pyridine rings is 1. The molecule has 0 spiro atoms. The molecule has 6 nitrogen and oxygen atoms in total. The van der Waals surface area contributed by atoms with E-state index in [4.69, 9.17) is 20.0 Å². The second-order valence-electron chi connectivity index (χ2n) is 3.46. The predicted molar refractivity (Wildman–Crippen MR) is 61.3 cm³/mol. The smallest absolute Gasteiger partial charge is 0.222 e. The monoisotopic (exact) mass is 240 g/mol. The summed E-state index contributed by atoms with van der Waals surface area (Å²) in [6, 6.07) is 3.24. The van der Waals surface area contributed by atoms with Crippen molar-refractivity contribution in [2.45, 2.75) is 6.42 Å². The third kappa shape index (κ3) is 4.38. The van der Waals surface area contributed by atoms with E-state index in [-0.39, 0.29) is 18.7 Å². The molecule has 1 aromatic rings. The van der Waals surface area contributed by atoms with E-state index in [0.29, 0.717) is 29.4 Å². The lowest BCUT2D eigenvalue weighted by Gasteiger charge is -2.08. The standard InChI is InChI=1S/C11H16N2O4/c1-16-4-5-17-11-3-2-10(13(15)7-11)6-9(12)8-14/h2-3,7,12,14H,4-6,8H2,1H3. The topological polar surface area (TPSA) is 89.5 Å². The van der Waals surface area contributed by atoms with Crippen molar-refractivity contribution in [2.75, 3.05) is 26.9 Å². The van der Waals surface area contributed by atoms with Crippen LogP contribution in [0.3, 0.4) is 0 Å². The van der Waals surface area contributed by atoms with Crippen molar-refractivity contribution in [3.63, 3.8) is 0 Å². The fourth-order valence-electron chi connectivity index (χ4n) is 1.23. The minimum atomic E-state index is -0.341. The third-order valence-electron chi connectivity index (χ3n) is 2.11. The van der Waals surface area contributed by atoms with Crippen LogP contribution >= 0.6 is 0 Å². The number of nitrogens with one attached hydrogen (secondary N) is 1. The molecule has 0 saturated carbocycles. The summed E-state index contributed by atoms with van der Waals surface area (Å²) in [5.74, 6) is 0.455. The Morgan fingerprint density at radius 2 is 2.24 bits per heavy atom. The quantitative estimate of drug-likeness (QED) is 0.301. The highest BCUT2D eigenvalue weighted by Gasteiger charge is 2.09. The molecule has 0 saturated heterocycles. The van der Waals surface area contributed by atoms with E-state index in [1.165, 1.54) is 6.20 Å². The zero-order chi connectivity index (χ0) is 12.7. The number of aliphatic hydroxyl groups excluding tert-OH is 1. The molecule has 0 fully saturated rings. The highest BCUT2D eigenvalue weighted by atomic mass is 16.5. The molecule has 1 aromatic heterocycles. The molecule has 1 heterocycles. The third-order valence-corrected chi connectivity index (χ3v) is 2.11. The second kappa shape index (κ2) is 6.82. The maximum Gasteiger partial charge on any atom is 0.222 e. The summed E-state index contributed by atoms with van der Waals surface area (Å²) in [6.45, 7) is 0.490. The highest BCUT2D eigenvalue weighted by molar-refractivity contribution is 5.83. The van der Waals surface area contributed by atoms with Crippen molar-refractivity contribution in [3.8, 4) is 5.75 Å². The molecular formula is C11H16N2O4. The molecular weight excluding hydrogens is 224 g/mol. The molecule has 1 rings (SSSR count). The van der Waals surface area contributed by atoms with Crippen LogP contribution in [0.2, 0.25) is 0 Å². The molecule has 2 N–H and O–H groups in total. The van der Waals surface area contributed by atoms with Crippen molar-refractivity contribution in [1.29, 1.82) is 5.41 Å². The molecule has 0 radical (unpaired) electrons. The Balaban J connectivity index is 2.62. The van der Waals surface area contributed by atoms with Crippen LogP contribution in [-0.2, 0) is 11.2 Å². The second-order valence-corrected chi connectivity index (χ2v) is 3.46. The Kier molecular flexibility index (Phi) is 5.38. The molecule has 94 valence electrons. The fraction of sp³-hybridized carbons (Fsp3) is 0.455. The molecule has 0 aliphatic carbocycles. The first-order valence-corrected chi connectivity index (χ1v) is 5.18. The summed E-state index contributed by atoms with van der Waals surface area (Å²) in [7, 11) is 1.57. The van der Waals surface area contributed by atoms with Gasteiger partial charge in [-0.15, -0.1) is 0 Å². The van der Waals surface area contributed by atoms with Gasteiger partial charge in [0.15, 0.2) is 11.4 Å². The summed E-state index contributed by atoms with van der Waals surface area (Å²) in [6.07, 6.45) is 1.44. The zero-order valence-corrected chi connectivity index (χ0v) is 9.68.